The molecule has 0 aliphatic heterocycles. The van der Waals surface area contributed by atoms with Crippen molar-refractivity contribution in [2.45, 2.75) is 62.3 Å². The largest absolute Gasteiger partial charge is 0.452 e. The molecule has 0 radical (unpaired) electrons. The summed E-state index contributed by atoms with van der Waals surface area (Å²) in [5, 5.41) is 2.17. The van der Waals surface area contributed by atoms with Crippen LogP contribution in [0.4, 0.5) is 17.1 Å². The molecule has 0 fully saturated rings. The van der Waals surface area contributed by atoms with Gasteiger partial charge in [0.25, 0.3) is 0 Å². The summed E-state index contributed by atoms with van der Waals surface area (Å²) in [5.74, 6) is 0.379. The van der Waals surface area contributed by atoms with E-state index in [1.165, 1.54) is 0 Å². The standard InChI is InChI=1S/C49H50N6O7/c1-10-53(11-2)30-16-19-33-27(7)41(47(56)60-38(33)24-30)36-22-23-37(59-36)44-50-45(42-28(8)34-20-17-31(54(12-3)13-4)25-39(34)61-48(42)57)52-46(51-44)43-29(9)35-21-18-32(55(14-5)15-6)26-40(35)62-49(43)58/h16-26H,10-15H2,1-9H3. The second kappa shape index (κ2) is 16.8. The summed E-state index contributed by atoms with van der Waals surface area (Å²) in [6.07, 6.45) is 0. The number of rotatable bonds is 13. The van der Waals surface area contributed by atoms with Gasteiger partial charge in [-0.15, -0.1) is 0 Å². The maximum atomic E-state index is 14.0. The van der Waals surface area contributed by atoms with E-state index in [-0.39, 0.29) is 45.7 Å². The van der Waals surface area contributed by atoms with Crippen molar-refractivity contribution in [3.8, 4) is 45.7 Å². The van der Waals surface area contributed by atoms with Crippen molar-refractivity contribution in [1.82, 2.24) is 15.0 Å². The minimum absolute atomic E-state index is 0.0227. The van der Waals surface area contributed by atoms with Gasteiger partial charge in [0.2, 0.25) is 0 Å². The number of aromatic nitrogens is 3. The van der Waals surface area contributed by atoms with Crippen LogP contribution in [0.5, 0.6) is 0 Å². The molecule has 0 bridgehead atoms. The number of aryl methyl sites for hydroxylation is 3. The van der Waals surface area contributed by atoms with Gasteiger partial charge in [0.1, 0.15) is 39.2 Å². The Labute approximate surface area is 358 Å². The molecule has 13 heteroatoms. The highest BCUT2D eigenvalue weighted by molar-refractivity contribution is 5.91. The van der Waals surface area contributed by atoms with E-state index < -0.39 is 16.9 Å². The Hall–Kier alpha value is -7.02. The van der Waals surface area contributed by atoms with Crippen molar-refractivity contribution in [3.63, 3.8) is 0 Å². The van der Waals surface area contributed by atoms with Gasteiger partial charge in [0.05, 0.1) is 0 Å². The highest BCUT2D eigenvalue weighted by atomic mass is 16.4. The van der Waals surface area contributed by atoms with Gasteiger partial charge in [0.15, 0.2) is 23.2 Å². The molecule has 5 aromatic heterocycles. The molecule has 0 unspecified atom stereocenters. The Bertz CT molecular complexity index is 3050. The fourth-order valence-electron chi connectivity index (χ4n) is 8.49. The molecule has 62 heavy (non-hydrogen) atoms. The van der Waals surface area contributed by atoms with Crippen LogP contribution in [0.3, 0.4) is 0 Å². The number of hydrogen-bond donors (Lipinski definition) is 0. The Kier molecular flexibility index (Phi) is 11.3. The number of nitrogens with zero attached hydrogens (tertiary/aromatic N) is 6. The molecule has 318 valence electrons. The van der Waals surface area contributed by atoms with Gasteiger partial charge in [0, 0.05) is 90.7 Å². The zero-order valence-corrected chi connectivity index (χ0v) is 36.6. The molecule has 0 spiro atoms. The second-order valence-corrected chi connectivity index (χ2v) is 15.2. The van der Waals surface area contributed by atoms with Crippen LogP contribution in [-0.4, -0.2) is 54.2 Å². The van der Waals surface area contributed by atoms with E-state index in [2.05, 4.69) is 56.2 Å². The number of fused-ring (bicyclic) bond motifs is 3. The van der Waals surface area contributed by atoms with Crippen LogP contribution >= 0.6 is 0 Å². The van der Waals surface area contributed by atoms with E-state index in [9.17, 15) is 14.4 Å². The maximum absolute atomic E-state index is 14.0. The molecule has 0 aliphatic rings. The van der Waals surface area contributed by atoms with Gasteiger partial charge in [-0.05, 0) is 128 Å². The smallest absolute Gasteiger partial charge is 0.347 e. The molecule has 8 aromatic rings. The average Bonchev–Trinajstić information content (AvgIpc) is 3.74. The molecule has 5 heterocycles. The molecule has 0 atom stereocenters. The van der Waals surface area contributed by atoms with Crippen LogP contribution in [0, 0.1) is 20.8 Å². The first-order chi connectivity index (χ1) is 29.9. The third-order valence-electron chi connectivity index (χ3n) is 12.0. The van der Waals surface area contributed by atoms with Crippen molar-refractivity contribution < 1.29 is 17.7 Å². The van der Waals surface area contributed by atoms with Crippen molar-refractivity contribution in [2.75, 3.05) is 54.0 Å². The summed E-state index contributed by atoms with van der Waals surface area (Å²) < 4.78 is 24.2. The Morgan fingerprint density at radius 2 is 0.726 bits per heavy atom. The summed E-state index contributed by atoms with van der Waals surface area (Å²) in [6.45, 7) is 22.7. The van der Waals surface area contributed by atoms with E-state index in [0.717, 1.165) is 61.7 Å². The number of hydrogen-bond acceptors (Lipinski definition) is 13. The lowest BCUT2D eigenvalue weighted by molar-refractivity contribution is 0.548. The topological polar surface area (TPSA) is 152 Å². The summed E-state index contributed by atoms with van der Waals surface area (Å²) in [4.78, 5) is 62.6. The Morgan fingerprint density at radius 1 is 0.403 bits per heavy atom. The molecular formula is C49H50N6O7. The SMILES string of the molecule is CCN(CC)c1ccc2c(C)c(-c3nc(-c4ccc(-c5c(C)c6ccc(N(CC)CC)cc6oc5=O)o4)nc(-c4c(C)c5ccc(N(CC)CC)cc5oc4=O)n3)c(=O)oc2c1. The number of anilines is 3. The summed E-state index contributed by atoms with van der Waals surface area (Å²) in [6, 6.07) is 20.7. The van der Waals surface area contributed by atoms with Crippen molar-refractivity contribution in [2.24, 2.45) is 0 Å². The lowest BCUT2D eigenvalue weighted by Gasteiger charge is -2.21. The molecular weight excluding hydrogens is 785 g/mol. The van der Waals surface area contributed by atoms with Crippen LogP contribution in [0.2, 0.25) is 0 Å². The minimum Gasteiger partial charge on any atom is -0.452 e. The van der Waals surface area contributed by atoms with E-state index in [4.69, 9.17) is 32.6 Å². The van der Waals surface area contributed by atoms with E-state index >= 15 is 0 Å². The van der Waals surface area contributed by atoms with Crippen LogP contribution < -0.4 is 31.6 Å². The van der Waals surface area contributed by atoms with E-state index in [1.54, 1.807) is 12.1 Å². The van der Waals surface area contributed by atoms with Crippen molar-refractivity contribution in [3.05, 3.63) is 115 Å². The molecule has 0 saturated heterocycles. The normalized spacial score (nSPS) is 11.6. The maximum Gasteiger partial charge on any atom is 0.347 e. The molecule has 3 aromatic carbocycles. The Balaban J connectivity index is 1.31. The van der Waals surface area contributed by atoms with Crippen LogP contribution in [-0.2, 0) is 0 Å². The first-order valence-electron chi connectivity index (χ1n) is 21.3. The average molecular weight is 835 g/mol. The van der Waals surface area contributed by atoms with Gasteiger partial charge < -0.3 is 32.4 Å². The van der Waals surface area contributed by atoms with Crippen LogP contribution in [0.25, 0.3) is 78.6 Å². The Morgan fingerprint density at radius 3 is 1.10 bits per heavy atom. The molecule has 0 amide bonds. The quantitative estimate of drug-likeness (QED) is 0.101. The van der Waals surface area contributed by atoms with Crippen LogP contribution in [0.1, 0.15) is 58.2 Å². The van der Waals surface area contributed by atoms with E-state index in [0.29, 0.717) is 44.2 Å². The predicted molar refractivity (Wildman–Crippen MR) is 247 cm³/mol. The summed E-state index contributed by atoms with van der Waals surface area (Å²) >= 11 is 0. The highest BCUT2D eigenvalue weighted by Crippen LogP contribution is 2.35. The lowest BCUT2D eigenvalue weighted by Crippen LogP contribution is -2.21. The molecule has 8 rings (SSSR count). The monoisotopic (exact) mass is 834 g/mol. The third-order valence-corrected chi connectivity index (χ3v) is 12.0. The summed E-state index contributed by atoms with van der Waals surface area (Å²) in [7, 11) is 0. The van der Waals surface area contributed by atoms with Gasteiger partial charge in [-0.2, -0.15) is 0 Å². The first kappa shape index (κ1) is 41.7. The summed E-state index contributed by atoms with van der Waals surface area (Å²) in [5.41, 5.74) is 4.58. The van der Waals surface area contributed by atoms with E-state index in [1.807, 2.05) is 75.4 Å². The van der Waals surface area contributed by atoms with Crippen molar-refractivity contribution >= 4 is 50.0 Å². The first-order valence-corrected chi connectivity index (χ1v) is 21.3. The molecule has 0 aliphatic carbocycles. The van der Waals surface area contributed by atoms with Gasteiger partial charge in [-0.25, -0.2) is 29.3 Å². The highest BCUT2D eigenvalue weighted by Gasteiger charge is 2.26. The van der Waals surface area contributed by atoms with Gasteiger partial charge in [-0.1, -0.05) is 0 Å². The molecule has 0 N–H and O–H groups in total. The van der Waals surface area contributed by atoms with Gasteiger partial charge in [-0.3, -0.25) is 0 Å². The molecule has 0 saturated carbocycles. The van der Waals surface area contributed by atoms with Crippen molar-refractivity contribution in [1.29, 1.82) is 0 Å². The second-order valence-electron chi connectivity index (χ2n) is 15.2. The number of furan rings is 1. The third kappa shape index (κ3) is 7.20. The lowest BCUT2D eigenvalue weighted by atomic mass is 10.0. The zero-order chi connectivity index (χ0) is 44.0. The predicted octanol–water partition coefficient (Wildman–Crippen LogP) is 9.92. The minimum atomic E-state index is -0.658. The fraction of sp³-hybridized carbons (Fsp3) is 0.306. The number of benzene rings is 3. The molecule has 13 nitrogen and oxygen atoms in total. The zero-order valence-electron chi connectivity index (χ0n) is 36.6. The van der Waals surface area contributed by atoms with Crippen LogP contribution in [0.15, 0.2) is 98.8 Å². The van der Waals surface area contributed by atoms with Gasteiger partial charge >= 0.3 is 16.9 Å². The fourth-order valence-corrected chi connectivity index (χ4v) is 8.49.